The molecule has 0 N–H and O–H groups in total. The summed E-state index contributed by atoms with van der Waals surface area (Å²) in [4.78, 5) is 0. The van der Waals surface area contributed by atoms with Crippen LogP contribution in [0.4, 0.5) is 0 Å². The zero-order valence-electron chi connectivity index (χ0n) is 9.94. The van der Waals surface area contributed by atoms with Crippen molar-refractivity contribution < 1.29 is 4.43 Å². The van der Waals surface area contributed by atoms with E-state index in [0.717, 1.165) is 18.7 Å². The third-order valence-corrected chi connectivity index (χ3v) is 7.43. The Morgan fingerprint density at radius 2 is 1.50 bits per heavy atom. The van der Waals surface area contributed by atoms with Crippen LogP contribution in [0.3, 0.4) is 0 Å². The van der Waals surface area contributed by atoms with Gasteiger partial charge in [0.2, 0.25) is 0 Å². The molecule has 0 atom stereocenters. The van der Waals surface area contributed by atoms with Crippen molar-refractivity contribution in [2.24, 2.45) is 0 Å². The summed E-state index contributed by atoms with van der Waals surface area (Å²) in [7, 11) is -1.79. The van der Waals surface area contributed by atoms with Crippen LogP contribution in [0.1, 0.15) is 52.9 Å². The second kappa shape index (κ2) is 8.75. The van der Waals surface area contributed by atoms with Crippen LogP contribution in [0.15, 0.2) is 0 Å². The van der Waals surface area contributed by atoms with Crippen LogP contribution in [-0.2, 0) is 4.43 Å². The van der Waals surface area contributed by atoms with Crippen LogP contribution in [0.2, 0.25) is 12.1 Å². The van der Waals surface area contributed by atoms with Gasteiger partial charge in [0, 0.05) is 6.61 Å². The molecule has 1 nitrogen and oxygen atoms in total. The van der Waals surface area contributed by atoms with E-state index < -0.39 is 7.63 Å². The molecule has 0 bridgehead atoms. The highest BCUT2D eigenvalue weighted by Crippen LogP contribution is 2.21. The van der Waals surface area contributed by atoms with Gasteiger partial charge in [0.25, 0.3) is 7.63 Å². The summed E-state index contributed by atoms with van der Waals surface area (Å²) in [5, 5.41) is 0. The van der Waals surface area contributed by atoms with Crippen molar-refractivity contribution in [2.45, 2.75) is 65.0 Å². The molecule has 0 aromatic heterocycles. The van der Waals surface area contributed by atoms with E-state index in [-0.39, 0.29) is 0 Å². The van der Waals surface area contributed by atoms with Crippen LogP contribution in [0, 0.1) is 0 Å². The zero-order valence-corrected chi connectivity index (χ0v) is 11.7. The molecule has 14 heavy (non-hydrogen) atoms. The van der Waals surface area contributed by atoms with Gasteiger partial charge in [-0.3, -0.25) is 0 Å². The summed E-state index contributed by atoms with van der Waals surface area (Å²) >= 11 is 6.36. The van der Waals surface area contributed by atoms with E-state index in [2.05, 4.69) is 20.8 Å². The summed E-state index contributed by atoms with van der Waals surface area (Å²) in [6.07, 6.45) is 6.48. The first-order chi connectivity index (χ1) is 6.68. The first-order valence-corrected chi connectivity index (χ1v) is 9.34. The maximum atomic E-state index is 6.36. The van der Waals surface area contributed by atoms with E-state index in [0.29, 0.717) is 0 Å². The molecular weight excluding hydrogens is 212 g/mol. The number of rotatable bonds is 9. The van der Waals surface area contributed by atoms with Crippen molar-refractivity contribution in [1.82, 2.24) is 0 Å². The molecule has 0 heterocycles. The molecule has 0 rings (SSSR count). The van der Waals surface area contributed by atoms with E-state index >= 15 is 0 Å². The Morgan fingerprint density at radius 3 is 2.00 bits per heavy atom. The minimum atomic E-state index is -1.79. The summed E-state index contributed by atoms with van der Waals surface area (Å²) < 4.78 is 5.81. The summed E-state index contributed by atoms with van der Waals surface area (Å²) in [6.45, 7) is 7.39. The van der Waals surface area contributed by atoms with Gasteiger partial charge < -0.3 is 4.43 Å². The van der Waals surface area contributed by atoms with Gasteiger partial charge in [-0.05, 0) is 18.5 Å². The molecule has 3 heteroatoms. The molecule has 0 aromatic carbocycles. The Morgan fingerprint density at radius 1 is 0.929 bits per heavy atom. The Balaban J connectivity index is 3.34. The molecule has 0 radical (unpaired) electrons. The predicted molar refractivity (Wildman–Crippen MR) is 67.3 cm³/mol. The maximum absolute atomic E-state index is 6.36. The van der Waals surface area contributed by atoms with Crippen molar-refractivity contribution in [1.29, 1.82) is 0 Å². The topological polar surface area (TPSA) is 9.23 Å². The molecule has 0 saturated carbocycles. The fraction of sp³-hybridized carbons (Fsp3) is 1.00. The lowest BCUT2D eigenvalue weighted by Crippen LogP contribution is -2.29. The molecule has 0 amide bonds. The number of halogens is 1. The van der Waals surface area contributed by atoms with Gasteiger partial charge in [-0.25, -0.2) is 0 Å². The van der Waals surface area contributed by atoms with E-state index in [1.54, 1.807) is 0 Å². The third kappa shape index (κ3) is 6.85. The molecule has 0 saturated heterocycles. The second-order valence-electron chi connectivity index (χ2n) is 3.85. The summed E-state index contributed by atoms with van der Waals surface area (Å²) in [5.74, 6) is 0. The first kappa shape index (κ1) is 14.5. The highest BCUT2D eigenvalue weighted by Gasteiger charge is 2.27. The van der Waals surface area contributed by atoms with Gasteiger partial charge in [-0.15, -0.1) is 11.1 Å². The average Bonchev–Trinajstić information content (AvgIpc) is 2.23. The number of hydrogen-bond acceptors (Lipinski definition) is 1. The fourth-order valence-electron chi connectivity index (χ4n) is 1.41. The van der Waals surface area contributed by atoms with Crippen LogP contribution in [-0.4, -0.2) is 14.2 Å². The average molecular weight is 237 g/mol. The Kier molecular flexibility index (Phi) is 9.04. The normalized spacial score (nSPS) is 12.0. The van der Waals surface area contributed by atoms with Gasteiger partial charge in [0.05, 0.1) is 0 Å². The van der Waals surface area contributed by atoms with E-state index in [4.69, 9.17) is 15.5 Å². The highest BCUT2D eigenvalue weighted by molar-refractivity contribution is 7.16. The van der Waals surface area contributed by atoms with Gasteiger partial charge >= 0.3 is 0 Å². The van der Waals surface area contributed by atoms with Crippen molar-refractivity contribution in [3.05, 3.63) is 0 Å². The first-order valence-electron chi connectivity index (χ1n) is 6.01. The molecule has 86 valence electrons. The fourth-order valence-corrected chi connectivity index (χ4v) is 3.06. The quantitative estimate of drug-likeness (QED) is 0.321. The largest absolute Gasteiger partial charge is 0.403 e. The van der Waals surface area contributed by atoms with Crippen molar-refractivity contribution >= 4 is 18.7 Å². The standard InChI is InChI=1S/C11H25ClOSi/c1-4-7-8-9-10-11-13-14(12,5-2)6-3/h4-11H2,1-3H3. The van der Waals surface area contributed by atoms with Crippen LogP contribution in [0.5, 0.6) is 0 Å². The molecule has 0 aromatic rings. The number of hydrogen-bond donors (Lipinski definition) is 0. The minimum absolute atomic E-state index is 0.876. The monoisotopic (exact) mass is 236 g/mol. The van der Waals surface area contributed by atoms with E-state index in [9.17, 15) is 0 Å². The smallest absolute Gasteiger partial charge is 0.289 e. The molecular formula is C11H25ClOSi. The summed E-state index contributed by atoms with van der Waals surface area (Å²) in [5.41, 5.74) is 0. The Labute approximate surface area is 95.0 Å². The van der Waals surface area contributed by atoms with E-state index in [1.807, 2.05) is 0 Å². The lowest BCUT2D eigenvalue weighted by molar-refractivity contribution is 0.300. The lowest BCUT2D eigenvalue weighted by Gasteiger charge is -2.21. The molecule has 0 aliphatic rings. The van der Waals surface area contributed by atoms with Gasteiger partial charge in [0.15, 0.2) is 0 Å². The van der Waals surface area contributed by atoms with Gasteiger partial charge in [-0.1, -0.05) is 46.5 Å². The van der Waals surface area contributed by atoms with Gasteiger partial charge in [-0.2, -0.15) is 0 Å². The molecule has 0 aliphatic heterocycles. The predicted octanol–water partition coefficient (Wildman–Crippen LogP) is 4.69. The maximum Gasteiger partial charge on any atom is 0.289 e. The Hall–Kier alpha value is 0.467. The SMILES string of the molecule is CCCCCCCO[Si](Cl)(CC)CC. The lowest BCUT2D eigenvalue weighted by atomic mass is 10.2. The molecule has 0 fully saturated rings. The van der Waals surface area contributed by atoms with E-state index in [1.165, 1.54) is 32.1 Å². The third-order valence-electron chi connectivity index (χ3n) is 2.66. The molecule has 0 aliphatic carbocycles. The van der Waals surface area contributed by atoms with Crippen molar-refractivity contribution in [3.63, 3.8) is 0 Å². The molecule has 0 unspecified atom stereocenters. The summed E-state index contributed by atoms with van der Waals surface area (Å²) in [6, 6.07) is 2.06. The Bertz CT molecular complexity index is 126. The number of unbranched alkanes of at least 4 members (excludes halogenated alkanes) is 4. The van der Waals surface area contributed by atoms with Crippen LogP contribution in [0.25, 0.3) is 0 Å². The van der Waals surface area contributed by atoms with Crippen molar-refractivity contribution in [2.75, 3.05) is 6.61 Å². The van der Waals surface area contributed by atoms with Crippen molar-refractivity contribution in [3.8, 4) is 0 Å². The molecule has 0 spiro atoms. The highest BCUT2D eigenvalue weighted by atomic mass is 35.6. The van der Waals surface area contributed by atoms with Gasteiger partial charge in [0.1, 0.15) is 0 Å². The minimum Gasteiger partial charge on any atom is -0.403 e. The zero-order chi connectivity index (χ0) is 10.9. The van der Waals surface area contributed by atoms with Crippen LogP contribution >= 0.6 is 11.1 Å². The van der Waals surface area contributed by atoms with Crippen LogP contribution < -0.4 is 0 Å². The second-order valence-corrected chi connectivity index (χ2v) is 9.39.